The monoisotopic (exact) mass is 477 g/mol. The number of hydrogen-bond acceptors (Lipinski definition) is 4. The van der Waals surface area contributed by atoms with Gasteiger partial charge in [0.2, 0.25) is 0 Å². The van der Waals surface area contributed by atoms with E-state index in [1.54, 1.807) is 37.3 Å². The molecule has 0 saturated carbocycles. The summed E-state index contributed by atoms with van der Waals surface area (Å²) in [6.45, 7) is 3.90. The van der Waals surface area contributed by atoms with E-state index in [2.05, 4.69) is 21.2 Å². The Labute approximate surface area is 180 Å². The first-order valence-corrected chi connectivity index (χ1v) is 10.5. The van der Waals surface area contributed by atoms with Gasteiger partial charge in [-0.2, -0.15) is 0 Å². The van der Waals surface area contributed by atoms with E-state index in [-0.39, 0.29) is 12.5 Å². The molecule has 0 atom stereocenters. The number of carbonyl (C=O) groups excluding carboxylic acids is 2. The van der Waals surface area contributed by atoms with Gasteiger partial charge in [-0.15, -0.1) is 11.3 Å². The molecular formula is C21H17BrClNO3S. The predicted octanol–water partition coefficient (Wildman–Crippen LogP) is 6.57. The fourth-order valence-electron chi connectivity index (χ4n) is 2.80. The summed E-state index contributed by atoms with van der Waals surface area (Å²) in [6.07, 6.45) is 0. The number of rotatable bonds is 5. The summed E-state index contributed by atoms with van der Waals surface area (Å²) < 4.78 is 6.06. The molecule has 2 aromatic carbocycles. The van der Waals surface area contributed by atoms with Gasteiger partial charge in [-0.05, 0) is 49.7 Å². The minimum atomic E-state index is -0.471. The number of esters is 1. The average Bonchev–Trinajstić information content (AvgIpc) is 2.98. The predicted molar refractivity (Wildman–Crippen MR) is 118 cm³/mol. The van der Waals surface area contributed by atoms with E-state index < -0.39 is 5.97 Å². The lowest BCUT2D eigenvalue weighted by Crippen LogP contribution is -2.14. The number of aryl methyl sites for hydroxylation is 1. The number of hydrogen-bond donors (Lipinski definition) is 1. The maximum absolute atomic E-state index is 12.7. The SMILES string of the molecule is CCOC(=O)c1c(NC(=O)c2cccc(Br)c2)sc(C)c1-c1ccc(Cl)cc1. The van der Waals surface area contributed by atoms with E-state index in [0.717, 1.165) is 20.5 Å². The van der Waals surface area contributed by atoms with Crippen LogP contribution in [0.1, 0.15) is 32.5 Å². The van der Waals surface area contributed by atoms with E-state index in [1.165, 1.54) is 11.3 Å². The Morgan fingerprint density at radius 1 is 1.18 bits per heavy atom. The molecule has 1 heterocycles. The number of halogens is 2. The van der Waals surface area contributed by atoms with Crippen molar-refractivity contribution in [2.24, 2.45) is 0 Å². The van der Waals surface area contributed by atoms with E-state index in [1.807, 2.05) is 25.1 Å². The summed E-state index contributed by atoms with van der Waals surface area (Å²) in [5, 5.41) is 3.94. The van der Waals surface area contributed by atoms with Crippen LogP contribution in [0.3, 0.4) is 0 Å². The van der Waals surface area contributed by atoms with E-state index in [4.69, 9.17) is 16.3 Å². The molecule has 0 bridgehead atoms. The highest BCUT2D eigenvalue weighted by molar-refractivity contribution is 9.10. The maximum atomic E-state index is 12.7. The van der Waals surface area contributed by atoms with Crippen molar-refractivity contribution in [1.82, 2.24) is 0 Å². The first-order valence-electron chi connectivity index (χ1n) is 8.54. The van der Waals surface area contributed by atoms with Gasteiger partial charge in [-0.25, -0.2) is 4.79 Å². The molecule has 0 fully saturated rings. The van der Waals surface area contributed by atoms with Crippen molar-refractivity contribution in [1.29, 1.82) is 0 Å². The van der Waals surface area contributed by atoms with E-state index in [9.17, 15) is 9.59 Å². The van der Waals surface area contributed by atoms with Gasteiger partial charge in [0.15, 0.2) is 0 Å². The highest BCUT2D eigenvalue weighted by Crippen LogP contribution is 2.41. The number of ether oxygens (including phenoxy) is 1. The Morgan fingerprint density at radius 3 is 2.54 bits per heavy atom. The molecule has 7 heteroatoms. The summed E-state index contributed by atoms with van der Waals surface area (Å²) in [5.74, 6) is -0.767. The topological polar surface area (TPSA) is 55.4 Å². The molecule has 0 aliphatic rings. The molecule has 0 radical (unpaired) electrons. The summed E-state index contributed by atoms with van der Waals surface area (Å²) >= 11 is 10.7. The van der Waals surface area contributed by atoms with Gasteiger partial charge in [-0.1, -0.05) is 45.7 Å². The second-order valence-corrected chi connectivity index (χ2v) is 8.51. The molecule has 0 saturated heterocycles. The normalized spacial score (nSPS) is 10.6. The molecule has 0 spiro atoms. The van der Waals surface area contributed by atoms with Crippen molar-refractivity contribution in [3.8, 4) is 11.1 Å². The van der Waals surface area contributed by atoms with Crippen molar-refractivity contribution in [3.05, 3.63) is 74.0 Å². The number of thiophene rings is 1. The van der Waals surface area contributed by atoms with Crippen molar-refractivity contribution in [2.75, 3.05) is 11.9 Å². The van der Waals surface area contributed by atoms with Gasteiger partial charge < -0.3 is 10.1 Å². The molecule has 1 N–H and O–H groups in total. The molecule has 0 unspecified atom stereocenters. The van der Waals surface area contributed by atoms with Crippen LogP contribution in [0.15, 0.2) is 53.0 Å². The molecule has 1 amide bonds. The number of amides is 1. The van der Waals surface area contributed by atoms with Crippen molar-refractivity contribution >= 4 is 55.7 Å². The van der Waals surface area contributed by atoms with Gasteiger partial charge in [0, 0.05) is 25.5 Å². The van der Waals surface area contributed by atoms with Crippen molar-refractivity contribution < 1.29 is 14.3 Å². The van der Waals surface area contributed by atoms with Crippen LogP contribution in [0.5, 0.6) is 0 Å². The quantitative estimate of drug-likeness (QED) is 0.422. The van der Waals surface area contributed by atoms with Gasteiger partial charge >= 0.3 is 5.97 Å². The number of carbonyl (C=O) groups is 2. The molecule has 3 rings (SSSR count). The highest BCUT2D eigenvalue weighted by atomic mass is 79.9. The Morgan fingerprint density at radius 2 is 1.89 bits per heavy atom. The number of benzene rings is 2. The zero-order valence-electron chi connectivity index (χ0n) is 15.2. The van der Waals surface area contributed by atoms with E-state index >= 15 is 0 Å². The van der Waals surface area contributed by atoms with Crippen LogP contribution in [-0.2, 0) is 4.74 Å². The number of nitrogens with one attached hydrogen (secondary N) is 1. The van der Waals surface area contributed by atoms with Crippen LogP contribution in [0.25, 0.3) is 11.1 Å². The molecule has 1 aromatic heterocycles. The zero-order chi connectivity index (χ0) is 20.3. The summed E-state index contributed by atoms with van der Waals surface area (Å²) in [4.78, 5) is 26.3. The molecule has 3 aromatic rings. The minimum Gasteiger partial charge on any atom is -0.462 e. The van der Waals surface area contributed by atoms with E-state index in [0.29, 0.717) is 21.2 Å². The third kappa shape index (κ3) is 4.46. The molecular weight excluding hydrogens is 462 g/mol. The summed E-state index contributed by atoms with van der Waals surface area (Å²) in [7, 11) is 0. The smallest absolute Gasteiger partial charge is 0.341 e. The Bertz CT molecular complexity index is 1030. The van der Waals surface area contributed by atoms with Gasteiger partial charge in [0.1, 0.15) is 10.6 Å². The second-order valence-electron chi connectivity index (χ2n) is 5.93. The summed E-state index contributed by atoms with van der Waals surface area (Å²) in [5.41, 5.74) is 2.42. The standard InChI is InChI=1S/C21H17BrClNO3S/c1-3-27-21(26)18-17(13-7-9-16(23)10-8-13)12(2)28-20(18)24-19(25)14-5-4-6-15(22)11-14/h4-11H,3H2,1-2H3,(H,24,25). The number of anilines is 1. The Hall–Kier alpha value is -2.15. The van der Waals surface area contributed by atoms with Crippen LogP contribution in [-0.4, -0.2) is 18.5 Å². The van der Waals surface area contributed by atoms with Crippen LogP contribution in [0.2, 0.25) is 5.02 Å². The molecule has 0 aliphatic carbocycles. The third-order valence-electron chi connectivity index (χ3n) is 4.01. The molecule has 28 heavy (non-hydrogen) atoms. The van der Waals surface area contributed by atoms with Crippen molar-refractivity contribution in [2.45, 2.75) is 13.8 Å². The lowest BCUT2D eigenvalue weighted by atomic mass is 10.0. The zero-order valence-corrected chi connectivity index (χ0v) is 18.4. The Kier molecular flexibility index (Phi) is 6.54. The lowest BCUT2D eigenvalue weighted by Gasteiger charge is -2.09. The average molecular weight is 479 g/mol. The van der Waals surface area contributed by atoms with Gasteiger partial charge in [-0.3, -0.25) is 4.79 Å². The molecule has 4 nitrogen and oxygen atoms in total. The third-order valence-corrected chi connectivity index (χ3v) is 5.78. The van der Waals surface area contributed by atoms with Gasteiger partial charge in [0.05, 0.1) is 6.61 Å². The highest BCUT2D eigenvalue weighted by Gasteiger charge is 2.25. The van der Waals surface area contributed by atoms with Crippen LogP contribution >= 0.6 is 38.9 Å². The van der Waals surface area contributed by atoms with Crippen LogP contribution in [0, 0.1) is 6.92 Å². The fraction of sp³-hybridized carbons (Fsp3) is 0.143. The fourth-order valence-corrected chi connectivity index (χ4v) is 4.38. The largest absolute Gasteiger partial charge is 0.462 e. The van der Waals surface area contributed by atoms with Crippen LogP contribution < -0.4 is 5.32 Å². The first kappa shape index (κ1) is 20.6. The lowest BCUT2D eigenvalue weighted by molar-refractivity contribution is 0.0529. The Balaban J connectivity index is 2.05. The second kappa shape index (κ2) is 8.90. The minimum absolute atomic E-state index is 0.243. The van der Waals surface area contributed by atoms with Crippen molar-refractivity contribution in [3.63, 3.8) is 0 Å². The van der Waals surface area contributed by atoms with Gasteiger partial charge in [0.25, 0.3) is 5.91 Å². The summed E-state index contributed by atoms with van der Waals surface area (Å²) in [6, 6.07) is 14.3. The first-order chi connectivity index (χ1) is 13.4. The maximum Gasteiger partial charge on any atom is 0.341 e. The molecule has 144 valence electrons. The van der Waals surface area contributed by atoms with Crippen LogP contribution in [0.4, 0.5) is 5.00 Å². The molecule has 0 aliphatic heterocycles.